The third-order valence-corrected chi connectivity index (χ3v) is 7.18. The van der Waals surface area contributed by atoms with Crippen molar-refractivity contribution in [3.8, 4) is 0 Å². The van der Waals surface area contributed by atoms with E-state index in [2.05, 4.69) is 42.2 Å². The van der Waals surface area contributed by atoms with Crippen molar-refractivity contribution in [3.05, 3.63) is 47.0 Å². The molecule has 0 saturated heterocycles. The highest BCUT2D eigenvalue weighted by molar-refractivity contribution is 6.31. The van der Waals surface area contributed by atoms with Gasteiger partial charge in [0, 0.05) is 26.8 Å². The molecular weight excluding hydrogens is 410 g/mol. The quantitative estimate of drug-likeness (QED) is 0.195. The van der Waals surface area contributed by atoms with Crippen LogP contribution < -0.4 is 0 Å². The average molecular weight is 454 g/mol. The topological polar surface area (TPSA) is 15.8 Å². The van der Waals surface area contributed by atoms with Crippen LogP contribution in [-0.4, -0.2) is 4.98 Å². The molecule has 0 aliphatic carbocycles. The van der Waals surface area contributed by atoms with Gasteiger partial charge in [0.2, 0.25) is 0 Å². The monoisotopic (exact) mass is 453 g/mol. The average Bonchev–Trinajstić information content (AvgIpc) is 3.15. The first-order valence-corrected chi connectivity index (χ1v) is 13.9. The number of aryl methyl sites for hydroxylation is 1. The first kappa shape index (κ1) is 25.2. The molecular formula is C30H44ClN. The van der Waals surface area contributed by atoms with Gasteiger partial charge >= 0.3 is 0 Å². The van der Waals surface area contributed by atoms with Gasteiger partial charge in [0.15, 0.2) is 0 Å². The van der Waals surface area contributed by atoms with Crippen molar-refractivity contribution in [3.63, 3.8) is 0 Å². The summed E-state index contributed by atoms with van der Waals surface area (Å²) in [7, 11) is 0. The van der Waals surface area contributed by atoms with Gasteiger partial charge in [-0.15, -0.1) is 0 Å². The summed E-state index contributed by atoms with van der Waals surface area (Å²) in [6.07, 6.45) is 24.0. The molecule has 0 aliphatic heterocycles. The van der Waals surface area contributed by atoms with E-state index in [1.54, 1.807) is 0 Å². The third-order valence-electron chi connectivity index (χ3n) is 6.94. The van der Waals surface area contributed by atoms with Crippen molar-refractivity contribution >= 4 is 33.4 Å². The van der Waals surface area contributed by atoms with E-state index in [9.17, 15) is 0 Å². The minimum atomic E-state index is 0.802. The molecule has 1 nitrogen and oxygen atoms in total. The van der Waals surface area contributed by atoms with Crippen LogP contribution in [0.15, 0.2) is 36.4 Å². The summed E-state index contributed by atoms with van der Waals surface area (Å²) in [6.45, 7) is 2.30. The van der Waals surface area contributed by atoms with E-state index in [4.69, 9.17) is 11.6 Å². The zero-order valence-electron chi connectivity index (χ0n) is 20.4. The fourth-order valence-electron chi connectivity index (χ4n) is 4.96. The summed E-state index contributed by atoms with van der Waals surface area (Å²) < 4.78 is 0. The summed E-state index contributed by atoms with van der Waals surface area (Å²) >= 11 is 6.17. The minimum absolute atomic E-state index is 0.802. The lowest BCUT2D eigenvalue weighted by Gasteiger charge is -2.04. The Balaban J connectivity index is 1.19. The number of hydrogen-bond acceptors (Lipinski definition) is 0. The lowest BCUT2D eigenvalue weighted by molar-refractivity contribution is 0.529. The van der Waals surface area contributed by atoms with Crippen LogP contribution in [0.2, 0.25) is 5.02 Å². The first-order chi connectivity index (χ1) is 15.8. The molecule has 0 unspecified atom stereocenters. The summed E-state index contributed by atoms with van der Waals surface area (Å²) in [5.74, 6) is 0. The molecule has 176 valence electrons. The fraction of sp³-hybridized carbons (Fsp3) is 0.600. The van der Waals surface area contributed by atoms with Gasteiger partial charge in [-0.25, -0.2) is 0 Å². The number of aromatic nitrogens is 1. The van der Waals surface area contributed by atoms with E-state index in [0.29, 0.717) is 0 Å². The largest absolute Gasteiger partial charge is 0.355 e. The number of fused-ring (bicyclic) bond motifs is 3. The second-order valence-electron chi connectivity index (χ2n) is 9.75. The maximum absolute atomic E-state index is 6.17. The highest BCUT2D eigenvalue weighted by Crippen LogP contribution is 2.28. The van der Waals surface area contributed by atoms with E-state index >= 15 is 0 Å². The van der Waals surface area contributed by atoms with E-state index in [1.165, 1.54) is 137 Å². The number of benzene rings is 2. The van der Waals surface area contributed by atoms with Crippen molar-refractivity contribution in [1.29, 1.82) is 0 Å². The first-order valence-electron chi connectivity index (χ1n) is 13.5. The van der Waals surface area contributed by atoms with Gasteiger partial charge < -0.3 is 4.98 Å². The number of rotatable bonds is 17. The van der Waals surface area contributed by atoms with Crippen LogP contribution in [0.25, 0.3) is 21.8 Å². The van der Waals surface area contributed by atoms with E-state index in [0.717, 1.165) is 5.02 Å². The van der Waals surface area contributed by atoms with Crippen molar-refractivity contribution < 1.29 is 0 Å². The highest BCUT2D eigenvalue weighted by atomic mass is 35.5. The number of aromatic amines is 1. The van der Waals surface area contributed by atoms with Crippen molar-refractivity contribution in [2.75, 3.05) is 0 Å². The van der Waals surface area contributed by atoms with Crippen LogP contribution in [0.3, 0.4) is 0 Å². The summed E-state index contributed by atoms with van der Waals surface area (Å²) in [6, 6.07) is 13.0. The molecule has 0 amide bonds. The van der Waals surface area contributed by atoms with Crippen molar-refractivity contribution in [2.45, 2.75) is 116 Å². The molecule has 0 saturated carbocycles. The fourth-order valence-corrected chi connectivity index (χ4v) is 5.13. The second kappa shape index (κ2) is 14.6. The van der Waals surface area contributed by atoms with Gasteiger partial charge in [0.25, 0.3) is 0 Å². The van der Waals surface area contributed by atoms with Crippen molar-refractivity contribution in [1.82, 2.24) is 4.98 Å². The van der Waals surface area contributed by atoms with Crippen LogP contribution in [0, 0.1) is 0 Å². The Labute approximate surface area is 201 Å². The molecule has 2 aromatic carbocycles. The standard InChI is InChI=1S/C30H44ClN/c1-2-3-4-5-6-7-8-9-10-11-12-13-14-15-16-17-18-25-19-21-27-28-24-26(31)20-22-29(28)32-30(27)23-25/h19-24,32H,2-18H2,1H3. The lowest BCUT2D eigenvalue weighted by atomic mass is 10.0. The van der Waals surface area contributed by atoms with E-state index < -0.39 is 0 Å². The van der Waals surface area contributed by atoms with Gasteiger partial charge in [0.05, 0.1) is 0 Å². The summed E-state index contributed by atoms with van der Waals surface area (Å²) in [4.78, 5) is 3.54. The number of H-pyrrole nitrogens is 1. The van der Waals surface area contributed by atoms with Gasteiger partial charge in [0.1, 0.15) is 0 Å². The Kier molecular flexibility index (Phi) is 11.5. The molecule has 1 heterocycles. The molecule has 0 aliphatic rings. The molecule has 3 aromatic rings. The number of unbranched alkanes of at least 4 members (excludes halogenated alkanes) is 15. The molecule has 0 spiro atoms. The van der Waals surface area contributed by atoms with Gasteiger partial charge in [-0.2, -0.15) is 0 Å². The van der Waals surface area contributed by atoms with Gasteiger partial charge in [-0.1, -0.05) is 127 Å². The SMILES string of the molecule is CCCCCCCCCCCCCCCCCCc1ccc2c(c1)[nH]c1ccc(Cl)cc12. The number of hydrogen-bond donors (Lipinski definition) is 1. The summed E-state index contributed by atoms with van der Waals surface area (Å²) in [5, 5.41) is 3.30. The molecule has 1 N–H and O–H groups in total. The Morgan fingerprint density at radius 3 is 1.72 bits per heavy atom. The van der Waals surface area contributed by atoms with Crippen LogP contribution in [0.5, 0.6) is 0 Å². The number of halogens is 1. The Morgan fingerprint density at radius 2 is 1.12 bits per heavy atom. The highest BCUT2D eigenvalue weighted by Gasteiger charge is 2.06. The van der Waals surface area contributed by atoms with Crippen LogP contribution >= 0.6 is 11.6 Å². The normalized spacial score (nSPS) is 11.7. The van der Waals surface area contributed by atoms with Crippen LogP contribution in [0.1, 0.15) is 115 Å². The molecule has 0 bridgehead atoms. The van der Waals surface area contributed by atoms with E-state index in [-0.39, 0.29) is 0 Å². The lowest BCUT2D eigenvalue weighted by Crippen LogP contribution is -1.87. The number of nitrogens with one attached hydrogen (secondary N) is 1. The zero-order chi connectivity index (χ0) is 22.4. The Morgan fingerprint density at radius 1 is 0.562 bits per heavy atom. The predicted octanol–water partition coefficient (Wildman–Crippen LogP) is 10.8. The van der Waals surface area contributed by atoms with E-state index in [1.807, 2.05) is 6.07 Å². The summed E-state index contributed by atoms with van der Waals surface area (Å²) in [5.41, 5.74) is 3.85. The zero-order valence-corrected chi connectivity index (χ0v) is 21.1. The molecule has 2 heteroatoms. The van der Waals surface area contributed by atoms with Gasteiger partial charge in [-0.3, -0.25) is 0 Å². The van der Waals surface area contributed by atoms with Gasteiger partial charge in [-0.05, 0) is 42.7 Å². The Bertz CT molecular complexity index is 910. The third kappa shape index (κ3) is 8.47. The Hall–Kier alpha value is -1.47. The molecule has 0 atom stereocenters. The molecule has 32 heavy (non-hydrogen) atoms. The van der Waals surface area contributed by atoms with Crippen LogP contribution in [0.4, 0.5) is 0 Å². The molecule has 1 aromatic heterocycles. The predicted molar refractivity (Wildman–Crippen MR) is 144 cm³/mol. The maximum atomic E-state index is 6.17. The molecule has 3 rings (SSSR count). The second-order valence-corrected chi connectivity index (χ2v) is 10.2. The molecule has 0 radical (unpaired) electrons. The van der Waals surface area contributed by atoms with Crippen LogP contribution in [-0.2, 0) is 6.42 Å². The minimum Gasteiger partial charge on any atom is -0.355 e. The van der Waals surface area contributed by atoms with Crippen molar-refractivity contribution in [2.24, 2.45) is 0 Å². The molecule has 0 fully saturated rings. The maximum Gasteiger partial charge on any atom is 0.0467 e. The smallest absolute Gasteiger partial charge is 0.0467 e.